The van der Waals surface area contributed by atoms with E-state index in [1.54, 1.807) is 6.07 Å². The molecule has 0 spiro atoms. The molecule has 26 heavy (non-hydrogen) atoms. The maximum Gasteiger partial charge on any atom is 0.269 e. The number of carbonyl (C=O) groups excluding carboxylic acids is 3. The SMILES string of the molecule is O=C(CNC(=O)c1ccc2c(c1)OCO2)NNC(=O)c1ccc(F)cc1. The highest BCUT2D eigenvalue weighted by Crippen LogP contribution is 2.32. The number of ether oxygens (including phenoxy) is 2. The first-order valence-electron chi connectivity index (χ1n) is 7.55. The molecule has 0 aromatic heterocycles. The molecule has 0 radical (unpaired) electrons. The molecule has 2 aromatic rings. The number of carbonyl (C=O) groups is 3. The van der Waals surface area contributed by atoms with Crippen LogP contribution in [0.1, 0.15) is 20.7 Å². The molecular weight excluding hydrogens is 345 g/mol. The van der Waals surface area contributed by atoms with Gasteiger partial charge in [0.1, 0.15) is 5.82 Å². The molecule has 8 nitrogen and oxygen atoms in total. The molecule has 3 amide bonds. The second kappa shape index (κ2) is 7.51. The lowest BCUT2D eigenvalue weighted by molar-refractivity contribution is -0.120. The van der Waals surface area contributed by atoms with Crippen LogP contribution in [0.2, 0.25) is 0 Å². The molecule has 2 aromatic carbocycles. The molecule has 0 saturated heterocycles. The van der Waals surface area contributed by atoms with Crippen molar-refractivity contribution in [2.75, 3.05) is 13.3 Å². The standard InChI is InChI=1S/C17H14FN3O5/c18-12-4-1-10(2-5-12)17(24)21-20-15(22)8-19-16(23)11-3-6-13-14(7-11)26-9-25-13/h1-7H,8-9H2,(H,19,23)(H,20,22)(H,21,24). The Labute approximate surface area is 147 Å². The fourth-order valence-corrected chi connectivity index (χ4v) is 2.14. The summed E-state index contributed by atoms with van der Waals surface area (Å²) in [5, 5.41) is 2.41. The molecule has 0 unspecified atom stereocenters. The summed E-state index contributed by atoms with van der Waals surface area (Å²) in [4.78, 5) is 35.5. The van der Waals surface area contributed by atoms with E-state index in [1.807, 2.05) is 0 Å². The van der Waals surface area contributed by atoms with E-state index in [9.17, 15) is 18.8 Å². The van der Waals surface area contributed by atoms with Crippen molar-refractivity contribution in [1.29, 1.82) is 0 Å². The lowest BCUT2D eigenvalue weighted by atomic mass is 10.2. The van der Waals surface area contributed by atoms with Gasteiger partial charge < -0.3 is 14.8 Å². The van der Waals surface area contributed by atoms with E-state index >= 15 is 0 Å². The van der Waals surface area contributed by atoms with E-state index in [1.165, 1.54) is 24.3 Å². The van der Waals surface area contributed by atoms with Gasteiger partial charge in [-0.3, -0.25) is 25.2 Å². The van der Waals surface area contributed by atoms with Gasteiger partial charge >= 0.3 is 0 Å². The highest BCUT2D eigenvalue weighted by molar-refractivity contribution is 5.98. The Morgan fingerprint density at radius 1 is 0.885 bits per heavy atom. The van der Waals surface area contributed by atoms with Crippen LogP contribution in [0.15, 0.2) is 42.5 Å². The molecule has 1 aliphatic heterocycles. The molecule has 9 heteroatoms. The monoisotopic (exact) mass is 359 g/mol. The van der Waals surface area contributed by atoms with Crippen molar-refractivity contribution in [2.24, 2.45) is 0 Å². The summed E-state index contributed by atoms with van der Waals surface area (Å²) >= 11 is 0. The third-order valence-electron chi connectivity index (χ3n) is 3.47. The Kier molecular flexibility index (Phi) is 4.97. The van der Waals surface area contributed by atoms with Gasteiger partial charge in [0.25, 0.3) is 17.7 Å². The molecule has 3 N–H and O–H groups in total. The number of fused-ring (bicyclic) bond motifs is 1. The zero-order chi connectivity index (χ0) is 18.5. The van der Waals surface area contributed by atoms with E-state index in [0.29, 0.717) is 17.1 Å². The van der Waals surface area contributed by atoms with Crippen molar-refractivity contribution < 1.29 is 28.2 Å². The van der Waals surface area contributed by atoms with Crippen molar-refractivity contribution >= 4 is 17.7 Å². The fourth-order valence-electron chi connectivity index (χ4n) is 2.14. The predicted octanol–water partition coefficient (Wildman–Crippen LogP) is 0.745. The van der Waals surface area contributed by atoms with Gasteiger partial charge in [0.15, 0.2) is 11.5 Å². The smallest absolute Gasteiger partial charge is 0.269 e. The second-order valence-corrected chi connectivity index (χ2v) is 5.26. The van der Waals surface area contributed by atoms with Crippen LogP contribution in [0, 0.1) is 5.82 Å². The summed E-state index contributed by atoms with van der Waals surface area (Å²) in [6.07, 6.45) is 0. The maximum absolute atomic E-state index is 12.8. The van der Waals surface area contributed by atoms with E-state index in [-0.39, 0.29) is 18.9 Å². The van der Waals surface area contributed by atoms with Crippen LogP contribution >= 0.6 is 0 Å². The molecule has 0 saturated carbocycles. The Bertz CT molecular complexity index is 854. The number of rotatable bonds is 4. The molecule has 0 bridgehead atoms. The topological polar surface area (TPSA) is 106 Å². The zero-order valence-corrected chi connectivity index (χ0v) is 13.4. The maximum atomic E-state index is 12.8. The Morgan fingerprint density at radius 3 is 2.35 bits per heavy atom. The van der Waals surface area contributed by atoms with Gasteiger partial charge in [0, 0.05) is 11.1 Å². The number of hydrogen-bond acceptors (Lipinski definition) is 5. The van der Waals surface area contributed by atoms with Gasteiger partial charge in [-0.05, 0) is 42.5 Å². The molecule has 1 aliphatic rings. The largest absolute Gasteiger partial charge is 0.454 e. The number of benzene rings is 2. The first-order chi connectivity index (χ1) is 12.5. The molecule has 0 fully saturated rings. The van der Waals surface area contributed by atoms with Gasteiger partial charge in [-0.15, -0.1) is 0 Å². The predicted molar refractivity (Wildman–Crippen MR) is 86.9 cm³/mol. The van der Waals surface area contributed by atoms with Crippen LogP contribution in [0.4, 0.5) is 4.39 Å². The summed E-state index contributed by atoms with van der Waals surface area (Å²) in [6, 6.07) is 9.45. The van der Waals surface area contributed by atoms with Crippen LogP contribution in [0.25, 0.3) is 0 Å². The molecular formula is C17H14FN3O5. The van der Waals surface area contributed by atoms with Gasteiger partial charge in [-0.25, -0.2) is 4.39 Å². The first-order valence-corrected chi connectivity index (χ1v) is 7.55. The van der Waals surface area contributed by atoms with Crippen molar-refractivity contribution in [3.63, 3.8) is 0 Å². The average Bonchev–Trinajstić information content (AvgIpc) is 3.12. The van der Waals surface area contributed by atoms with Crippen molar-refractivity contribution in [2.45, 2.75) is 0 Å². The number of nitrogens with one attached hydrogen (secondary N) is 3. The number of hydrazine groups is 1. The summed E-state index contributed by atoms with van der Waals surface area (Å²) in [5.74, 6) is -1.20. The lowest BCUT2D eigenvalue weighted by Crippen LogP contribution is -2.46. The van der Waals surface area contributed by atoms with Crippen LogP contribution in [0.5, 0.6) is 11.5 Å². The summed E-state index contributed by atoms with van der Waals surface area (Å²) < 4.78 is 23.1. The van der Waals surface area contributed by atoms with Crippen LogP contribution in [0.3, 0.4) is 0 Å². The normalized spacial score (nSPS) is 11.6. The third kappa shape index (κ3) is 4.07. The van der Waals surface area contributed by atoms with Gasteiger partial charge in [-0.2, -0.15) is 0 Å². The Balaban J connectivity index is 1.45. The van der Waals surface area contributed by atoms with E-state index in [2.05, 4.69) is 16.2 Å². The minimum atomic E-state index is -0.630. The quantitative estimate of drug-likeness (QED) is 0.699. The fraction of sp³-hybridized carbons (Fsp3) is 0.118. The highest BCUT2D eigenvalue weighted by atomic mass is 19.1. The minimum absolute atomic E-state index is 0.0938. The van der Waals surface area contributed by atoms with E-state index < -0.39 is 23.5 Å². The van der Waals surface area contributed by atoms with Crippen LogP contribution < -0.4 is 25.6 Å². The van der Waals surface area contributed by atoms with E-state index in [4.69, 9.17) is 9.47 Å². The molecule has 1 heterocycles. The van der Waals surface area contributed by atoms with Gasteiger partial charge in [0.05, 0.1) is 6.54 Å². The molecule has 3 rings (SSSR count). The Morgan fingerprint density at radius 2 is 1.58 bits per heavy atom. The van der Waals surface area contributed by atoms with Crippen molar-refractivity contribution in [3.8, 4) is 11.5 Å². The lowest BCUT2D eigenvalue weighted by Gasteiger charge is -2.09. The van der Waals surface area contributed by atoms with Crippen molar-refractivity contribution in [3.05, 3.63) is 59.4 Å². The minimum Gasteiger partial charge on any atom is -0.454 e. The highest BCUT2D eigenvalue weighted by Gasteiger charge is 2.16. The zero-order valence-electron chi connectivity index (χ0n) is 13.4. The summed E-state index contributed by atoms with van der Waals surface area (Å²) in [6.45, 7) is -0.256. The van der Waals surface area contributed by atoms with Crippen molar-refractivity contribution in [1.82, 2.24) is 16.2 Å². The van der Waals surface area contributed by atoms with Gasteiger partial charge in [0.2, 0.25) is 6.79 Å². The van der Waals surface area contributed by atoms with Crippen LogP contribution in [-0.4, -0.2) is 31.1 Å². The second-order valence-electron chi connectivity index (χ2n) is 5.26. The third-order valence-corrected chi connectivity index (χ3v) is 3.47. The average molecular weight is 359 g/mol. The number of halogens is 1. The molecule has 0 atom stereocenters. The van der Waals surface area contributed by atoms with Gasteiger partial charge in [-0.1, -0.05) is 0 Å². The number of amides is 3. The summed E-state index contributed by atoms with van der Waals surface area (Å²) in [7, 11) is 0. The summed E-state index contributed by atoms with van der Waals surface area (Å²) in [5.41, 5.74) is 4.80. The first kappa shape index (κ1) is 17.2. The van der Waals surface area contributed by atoms with Crippen LogP contribution in [-0.2, 0) is 4.79 Å². The molecule has 134 valence electrons. The van der Waals surface area contributed by atoms with E-state index in [0.717, 1.165) is 12.1 Å². The molecule has 0 aliphatic carbocycles. The Hall–Kier alpha value is -3.62. The number of hydrogen-bond donors (Lipinski definition) is 3.